The number of aromatic nitrogens is 2. The minimum Gasteiger partial charge on any atom is -0.423 e. The van der Waals surface area contributed by atoms with Gasteiger partial charge in [0.25, 0.3) is 15.6 Å². The number of nitrogens with zero attached hydrogens (tertiary/aromatic N) is 3. The number of fused-ring (bicyclic) bond motifs is 1. The molecule has 8 nitrogen and oxygen atoms in total. The SMILES string of the molecule is NC1(c2nnc(C[C@@H]3CCc4cc(C(O)(C(F)(F)F)C(F)(F)F)ccc4N3S(=O)(=O)c3ccc(F)cc3)o2)CC1. The summed E-state index contributed by atoms with van der Waals surface area (Å²) in [5, 5.41) is 17.7. The number of alkyl halides is 6. The molecule has 1 aliphatic heterocycles. The van der Waals surface area contributed by atoms with Crippen molar-refractivity contribution in [3.8, 4) is 0 Å². The Morgan fingerprint density at radius 2 is 1.65 bits per heavy atom. The molecule has 0 spiro atoms. The number of benzene rings is 2. The average Bonchev–Trinajstić information content (AvgIpc) is 3.43. The zero-order valence-electron chi connectivity index (χ0n) is 20.3. The van der Waals surface area contributed by atoms with Gasteiger partial charge in [-0.2, -0.15) is 26.3 Å². The van der Waals surface area contributed by atoms with Crippen LogP contribution in [0.25, 0.3) is 0 Å². The summed E-state index contributed by atoms with van der Waals surface area (Å²) in [5.74, 6) is -0.540. The molecular formula is C24H21F7N4O4S. The van der Waals surface area contributed by atoms with Crippen LogP contribution in [0, 0.1) is 5.82 Å². The lowest BCUT2D eigenvalue weighted by Gasteiger charge is -2.39. The summed E-state index contributed by atoms with van der Waals surface area (Å²) in [4.78, 5) is -0.372. The molecule has 0 bridgehead atoms. The third-order valence-electron chi connectivity index (χ3n) is 7.10. The minimum atomic E-state index is -6.12. The summed E-state index contributed by atoms with van der Waals surface area (Å²) in [6.07, 6.45) is -11.4. The van der Waals surface area contributed by atoms with E-state index in [4.69, 9.17) is 10.2 Å². The number of rotatable bonds is 6. The molecule has 0 unspecified atom stereocenters. The van der Waals surface area contributed by atoms with E-state index >= 15 is 0 Å². The number of sulfonamides is 1. The molecule has 1 fully saturated rings. The lowest BCUT2D eigenvalue weighted by molar-refractivity contribution is -0.376. The Morgan fingerprint density at radius 3 is 2.23 bits per heavy atom. The van der Waals surface area contributed by atoms with Gasteiger partial charge in [-0.15, -0.1) is 10.2 Å². The summed E-state index contributed by atoms with van der Waals surface area (Å²) in [5.41, 5.74) is -1.81. The highest BCUT2D eigenvalue weighted by molar-refractivity contribution is 7.92. The van der Waals surface area contributed by atoms with Gasteiger partial charge in [0, 0.05) is 12.0 Å². The van der Waals surface area contributed by atoms with E-state index in [1.807, 2.05) is 0 Å². The molecular weight excluding hydrogens is 573 g/mol. The molecule has 3 aromatic rings. The molecule has 0 amide bonds. The fraction of sp³-hybridized carbons (Fsp3) is 0.417. The molecule has 40 heavy (non-hydrogen) atoms. The van der Waals surface area contributed by atoms with Gasteiger partial charge >= 0.3 is 12.4 Å². The molecule has 1 aliphatic carbocycles. The van der Waals surface area contributed by atoms with E-state index in [-0.39, 0.29) is 47.2 Å². The van der Waals surface area contributed by atoms with E-state index in [2.05, 4.69) is 10.2 Å². The first kappa shape index (κ1) is 28.3. The zero-order valence-corrected chi connectivity index (χ0v) is 21.1. The van der Waals surface area contributed by atoms with Crippen LogP contribution in [-0.4, -0.2) is 42.1 Å². The number of aryl methyl sites for hydroxylation is 1. The fourth-order valence-corrected chi connectivity index (χ4v) is 6.38. The van der Waals surface area contributed by atoms with Crippen LogP contribution in [-0.2, 0) is 34.0 Å². The molecule has 1 aromatic heterocycles. The van der Waals surface area contributed by atoms with Crippen molar-refractivity contribution in [2.45, 2.75) is 66.5 Å². The smallest absolute Gasteiger partial charge is 0.423 e. The van der Waals surface area contributed by atoms with Crippen LogP contribution in [0.4, 0.5) is 36.4 Å². The van der Waals surface area contributed by atoms with Gasteiger partial charge in [0.05, 0.1) is 22.2 Å². The standard InChI is InChI=1S/C24H21F7N4O4S/c25-15-3-6-17(7-4-15)40(37,38)35-16(12-19-33-34-20(39-19)21(32)9-10-21)5-1-13-11-14(2-8-18(13)35)22(36,23(26,27)28)24(29,30)31/h2-4,6-8,11,16,36H,1,5,9-10,12,32H2/t16-/m0/s1. The third-order valence-corrected chi connectivity index (χ3v) is 8.98. The second-order valence-electron chi connectivity index (χ2n) is 9.86. The van der Waals surface area contributed by atoms with Gasteiger partial charge in [-0.3, -0.25) is 4.31 Å². The van der Waals surface area contributed by atoms with Crippen molar-refractivity contribution in [1.82, 2.24) is 10.2 Å². The van der Waals surface area contributed by atoms with Crippen LogP contribution in [0.15, 0.2) is 51.8 Å². The van der Waals surface area contributed by atoms with E-state index in [0.717, 1.165) is 34.6 Å². The van der Waals surface area contributed by atoms with Gasteiger partial charge in [0.2, 0.25) is 11.8 Å². The number of anilines is 1. The Morgan fingerprint density at radius 1 is 1.02 bits per heavy atom. The highest BCUT2D eigenvalue weighted by Crippen LogP contribution is 2.51. The Bertz CT molecular complexity index is 1520. The summed E-state index contributed by atoms with van der Waals surface area (Å²) < 4.78 is 128. The molecule has 2 aromatic carbocycles. The molecule has 216 valence electrons. The number of hydrogen-bond donors (Lipinski definition) is 2. The molecule has 0 saturated heterocycles. The van der Waals surface area contributed by atoms with Crippen molar-refractivity contribution in [2.75, 3.05) is 4.31 Å². The normalized spacial score (nSPS) is 19.4. The molecule has 2 aliphatic rings. The second-order valence-corrected chi connectivity index (χ2v) is 11.7. The van der Waals surface area contributed by atoms with Gasteiger partial charge in [-0.1, -0.05) is 12.1 Å². The van der Waals surface area contributed by atoms with E-state index in [1.54, 1.807) is 0 Å². The van der Waals surface area contributed by atoms with Gasteiger partial charge in [0.15, 0.2) is 0 Å². The average molecular weight is 595 g/mol. The summed E-state index contributed by atoms with van der Waals surface area (Å²) in [6, 6.07) is 4.43. The number of halogens is 7. The molecule has 0 radical (unpaired) electrons. The number of hydrogen-bond acceptors (Lipinski definition) is 7. The minimum absolute atomic E-state index is 0.0274. The van der Waals surface area contributed by atoms with Crippen molar-refractivity contribution >= 4 is 15.7 Å². The maximum absolute atomic E-state index is 13.7. The molecule has 3 N–H and O–H groups in total. The van der Waals surface area contributed by atoms with Crippen LogP contribution >= 0.6 is 0 Å². The van der Waals surface area contributed by atoms with Crippen LogP contribution in [0.2, 0.25) is 0 Å². The van der Waals surface area contributed by atoms with Crippen molar-refractivity contribution in [3.05, 3.63) is 71.2 Å². The van der Waals surface area contributed by atoms with Gasteiger partial charge in [0.1, 0.15) is 5.82 Å². The Kier molecular flexibility index (Phi) is 6.46. The lowest BCUT2D eigenvalue weighted by atomic mass is 9.87. The number of nitrogens with two attached hydrogens (primary N) is 1. The first-order valence-electron chi connectivity index (χ1n) is 11.9. The lowest BCUT2D eigenvalue weighted by Crippen LogP contribution is -2.54. The first-order valence-corrected chi connectivity index (χ1v) is 13.3. The Balaban J connectivity index is 1.59. The molecule has 5 rings (SSSR count). The van der Waals surface area contributed by atoms with E-state index in [1.165, 1.54) is 0 Å². The first-order chi connectivity index (χ1) is 18.5. The van der Waals surface area contributed by atoms with Gasteiger partial charge < -0.3 is 15.3 Å². The molecule has 2 heterocycles. The maximum atomic E-state index is 13.7. The Labute approximate surface area is 222 Å². The monoisotopic (exact) mass is 594 g/mol. The summed E-state index contributed by atoms with van der Waals surface area (Å²) in [7, 11) is -4.53. The zero-order chi connectivity index (χ0) is 29.3. The van der Waals surface area contributed by atoms with Crippen LogP contribution in [0.1, 0.15) is 42.2 Å². The number of aliphatic hydroxyl groups is 1. The third kappa shape index (κ3) is 4.60. The molecule has 1 atom stereocenters. The Hall–Kier alpha value is -3.24. The van der Waals surface area contributed by atoms with Gasteiger partial charge in [-0.25, -0.2) is 12.8 Å². The van der Waals surface area contributed by atoms with Crippen molar-refractivity contribution in [2.24, 2.45) is 5.73 Å². The maximum Gasteiger partial charge on any atom is 0.430 e. The summed E-state index contributed by atoms with van der Waals surface area (Å²) in [6.45, 7) is 0. The molecule has 16 heteroatoms. The molecule has 1 saturated carbocycles. The topological polar surface area (TPSA) is 123 Å². The van der Waals surface area contributed by atoms with Crippen molar-refractivity contribution in [3.63, 3.8) is 0 Å². The van der Waals surface area contributed by atoms with Crippen molar-refractivity contribution in [1.29, 1.82) is 0 Å². The fourth-order valence-electron chi connectivity index (χ4n) is 4.67. The van der Waals surface area contributed by atoms with E-state index in [0.29, 0.717) is 25.0 Å². The predicted molar refractivity (Wildman–Crippen MR) is 124 cm³/mol. The quantitative estimate of drug-likeness (QED) is 0.410. The van der Waals surface area contributed by atoms with Gasteiger partial charge in [-0.05, 0) is 61.6 Å². The predicted octanol–water partition coefficient (Wildman–Crippen LogP) is 4.22. The van der Waals surface area contributed by atoms with Crippen LogP contribution in [0.5, 0.6) is 0 Å². The largest absolute Gasteiger partial charge is 0.430 e. The van der Waals surface area contributed by atoms with Crippen LogP contribution in [0.3, 0.4) is 0 Å². The highest BCUT2D eigenvalue weighted by atomic mass is 32.2. The van der Waals surface area contributed by atoms with E-state index in [9.17, 15) is 44.3 Å². The second kappa shape index (κ2) is 9.14. The van der Waals surface area contributed by atoms with E-state index < -0.39 is 50.9 Å². The van der Waals surface area contributed by atoms with Crippen LogP contribution < -0.4 is 10.0 Å². The summed E-state index contributed by atoms with van der Waals surface area (Å²) >= 11 is 0. The highest BCUT2D eigenvalue weighted by Gasteiger charge is 2.71. The van der Waals surface area contributed by atoms with Crippen molar-refractivity contribution < 1.29 is 48.7 Å².